The molecule has 2 aromatic carbocycles. The van der Waals surface area contributed by atoms with Crippen LogP contribution in [0, 0.1) is 11.3 Å². The Morgan fingerprint density at radius 3 is 2.36 bits per heavy atom. The normalized spacial score (nSPS) is 20.5. The van der Waals surface area contributed by atoms with Crippen LogP contribution in [-0.2, 0) is 11.3 Å². The lowest BCUT2D eigenvalue weighted by molar-refractivity contribution is -0.138. The van der Waals surface area contributed by atoms with Crippen LogP contribution in [0.5, 0.6) is 5.75 Å². The summed E-state index contributed by atoms with van der Waals surface area (Å²) in [5.41, 5.74) is 1.51. The fraction of sp³-hybridized carbons (Fsp3) is 0.542. The van der Waals surface area contributed by atoms with Gasteiger partial charge in [-0.3, -0.25) is 9.69 Å². The maximum atomic E-state index is 10.8. The van der Waals surface area contributed by atoms with Gasteiger partial charge in [0.05, 0.1) is 12.6 Å². The predicted octanol–water partition coefficient (Wildman–Crippen LogP) is 5.34. The third-order valence-electron chi connectivity index (χ3n) is 5.94. The zero-order valence-electron chi connectivity index (χ0n) is 17.6. The van der Waals surface area contributed by atoms with Crippen LogP contribution in [0.1, 0.15) is 52.0 Å². The molecule has 1 saturated carbocycles. The van der Waals surface area contributed by atoms with Gasteiger partial charge >= 0.3 is 5.97 Å². The first kappa shape index (κ1) is 20.7. The number of carboxylic acids is 1. The van der Waals surface area contributed by atoms with Gasteiger partial charge in [0, 0.05) is 6.54 Å². The summed E-state index contributed by atoms with van der Waals surface area (Å²) in [7, 11) is 1.82. The summed E-state index contributed by atoms with van der Waals surface area (Å²) in [6.07, 6.45) is 5.08. The van der Waals surface area contributed by atoms with Gasteiger partial charge in [-0.1, -0.05) is 39.0 Å². The quantitative estimate of drug-likeness (QED) is 0.731. The Bertz CT molecular complexity index is 816. The summed E-state index contributed by atoms with van der Waals surface area (Å²) >= 11 is 0. The smallest absolute Gasteiger partial charge is 0.317 e. The van der Waals surface area contributed by atoms with E-state index in [0.717, 1.165) is 40.8 Å². The molecule has 4 nitrogen and oxygen atoms in total. The molecule has 152 valence electrons. The number of carboxylic acid groups (broad SMARTS) is 1. The second kappa shape index (κ2) is 8.52. The summed E-state index contributed by atoms with van der Waals surface area (Å²) < 4.78 is 6.29. The van der Waals surface area contributed by atoms with Crippen molar-refractivity contribution in [3.63, 3.8) is 0 Å². The van der Waals surface area contributed by atoms with Crippen molar-refractivity contribution in [3.05, 3.63) is 42.0 Å². The van der Waals surface area contributed by atoms with Crippen LogP contribution in [0.4, 0.5) is 0 Å². The molecule has 0 atom stereocenters. The highest BCUT2D eigenvalue weighted by molar-refractivity contribution is 5.84. The molecule has 1 fully saturated rings. The van der Waals surface area contributed by atoms with Crippen molar-refractivity contribution in [2.75, 3.05) is 13.6 Å². The topological polar surface area (TPSA) is 49.8 Å². The van der Waals surface area contributed by atoms with Gasteiger partial charge in [-0.2, -0.15) is 0 Å². The molecule has 0 aromatic heterocycles. The molecule has 1 aliphatic carbocycles. The van der Waals surface area contributed by atoms with Crippen LogP contribution in [0.25, 0.3) is 10.8 Å². The molecule has 0 radical (unpaired) electrons. The lowest BCUT2D eigenvalue weighted by Gasteiger charge is -2.37. The molecular formula is C24H33NO3. The van der Waals surface area contributed by atoms with E-state index in [9.17, 15) is 4.79 Å². The highest BCUT2D eigenvalue weighted by atomic mass is 16.5. The largest absolute Gasteiger partial charge is 0.490 e. The molecule has 0 saturated heterocycles. The predicted molar refractivity (Wildman–Crippen MR) is 114 cm³/mol. The van der Waals surface area contributed by atoms with Gasteiger partial charge in [0.25, 0.3) is 0 Å². The van der Waals surface area contributed by atoms with Crippen molar-refractivity contribution >= 4 is 16.7 Å². The Morgan fingerprint density at radius 1 is 1.07 bits per heavy atom. The van der Waals surface area contributed by atoms with Crippen molar-refractivity contribution in [3.8, 4) is 5.75 Å². The van der Waals surface area contributed by atoms with Gasteiger partial charge < -0.3 is 9.84 Å². The molecule has 28 heavy (non-hydrogen) atoms. The van der Waals surface area contributed by atoms with E-state index in [4.69, 9.17) is 9.84 Å². The summed E-state index contributed by atoms with van der Waals surface area (Å²) in [6.45, 7) is 7.70. The first-order chi connectivity index (χ1) is 13.2. The maximum absolute atomic E-state index is 10.8. The molecule has 1 N–H and O–H groups in total. The van der Waals surface area contributed by atoms with Gasteiger partial charge in [0.2, 0.25) is 0 Å². The van der Waals surface area contributed by atoms with Crippen LogP contribution in [0.2, 0.25) is 0 Å². The zero-order valence-corrected chi connectivity index (χ0v) is 17.6. The van der Waals surface area contributed by atoms with Crippen LogP contribution >= 0.6 is 0 Å². The molecule has 4 heteroatoms. The molecule has 0 amide bonds. The molecular weight excluding hydrogens is 350 g/mol. The second-order valence-corrected chi connectivity index (χ2v) is 9.37. The van der Waals surface area contributed by atoms with Crippen molar-refractivity contribution in [1.82, 2.24) is 4.90 Å². The number of hydrogen-bond acceptors (Lipinski definition) is 3. The number of rotatable bonds is 6. The number of hydrogen-bond donors (Lipinski definition) is 1. The molecule has 0 bridgehead atoms. The van der Waals surface area contributed by atoms with Crippen LogP contribution in [-0.4, -0.2) is 35.7 Å². The van der Waals surface area contributed by atoms with E-state index in [0.29, 0.717) is 18.1 Å². The van der Waals surface area contributed by atoms with Gasteiger partial charge in [0.15, 0.2) is 0 Å². The molecule has 3 rings (SSSR count). The first-order valence-corrected chi connectivity index (χ1v) is 10.3. The van der Waals surface area contributed by atoms with E-state index < -0.39 is 5.97 Å². The van der Waals surface area contributed by atoms with E-state index in [1.54, 1.807) is 4.90 Å². The third-order valence-corrected chi connectivity index (χ3v) is 5.94. The highest BCUT2D eigenvalue weighted by Gasteiger charge is 2.30. The summed E-state index contributed by atoms with van der Waals surface area (Å²) in [5, 5.41) is 11.2. The average molecular weight is 384 g/mol. The molecule has 2 aromatic rings. The zero-order chi connectivity index (χ0) is 20.3. The Kier molecular flexibility index (Phi) is 6.29. The molecule has 0 aliphatic heterocycles. The van der Waals surface area contributed by atoms with Crippen LogP contribution in [0.15, 0.2) is 36.4 Å². The number of benzene rings is 2. The van der Waals surface area contributed by atoms with Gasteiger partial charge in [-0.05, 0) is 78.6 Å². The third kappa shape index (κ3) is 5.48. The molecule has 0 spiro atoms. The number of nitrogens with zero attached hydrogens (tertiary/aromatic N) is 1. The number of aliphatic carboxylic acids is 1. The first-order valence-electron chi connectivity index (χ1n) is 10.3. The molecule has 0 heterocycles. The summed E-state index contributed by atoms with van der Waals surface area (Å²) in [5.74, 6) is 0.936. The van der Waals surface area contributed by atoms with Crippen LogP contribution in [0.3, 0.4) is 0 Å². The number of likely N-dealkylation sites (N-methyl/N-ethyl adjacent to an activating group) is 1. The van der Waals surface area contributed by atoms with Gasteiger partial charge in [-0.25, -0.2) is 0 Å². The van der Waals surface area contributed by atoms with Gasteiger partial charge in [0.1, 0.15) is 5.75 Å². The van der Waals surface area contributed by atoms with Crippen LogP contribution < -0.4 is 4.74 Å². The standard InChI is InChI=1S/C24H33NO3/c1-24(2,3)20-8-11-21(12-9-20)28-22-10-7-18-13-17(5-6-19(18)14-22)15-25(4)16-23(26)27/h5-7,10,13-14,20-21H,8-9,11-12,15-16H2,1-4H3,(H,26,27). The Balaban J connectivity index is 1.62. The van der Waals surface area contributed by atoms with E-state index in [2.05, 4.69) is 57.2 Å². The lowest BCUT2D eigenvalue weighted by Crippen LogP contribution is -2.30. The Labute approximate surface area is 168 Å². The second-order valence-electron chi connectivity index (χ2n) is 9.37. The SMILES string of the molecule is CN(CC(=O)O)Cc1ccc2cc(OC3CCC(C(C)(C)C)CC3)ccc2c1. The summed E-state index contributed by atoms with van der Waals surface area (Å²) in [6, 6.07) is 12.6. The lowest BCUT2D eigenvalue weighted by atomic mass is 9.72. The average Bonchev–Trinajstić information content (AvgIpc) is 2.61. The summed E-state index contributed by atoms with van der Waals surface area (Å²) in [4.78, 5) is 12.6. The van der Waals surface area contributed by atoms with E-state index in [-0.39, 0.29) is 6.54 Å². The Morgan fingerprint density at radius 2 is 1.71 bits per heavy atom. The van der Waals surface area contributed by atoms with E-state index in [1.165, 1.54) is 12.8 Å². The number of fused-ring (bicyclic) bond motifs is 1. The van der Waals surface area contributed by atoms with Crippen molar-refractivity contribution in [2.24, 2.45) is 11.3 Å². The molecule has 1 aliphatic rings. The fourth-order valence-corrected chi connectivity index (χ4v) is 4.28. The minimum absolute atomic E-state index is 0.0439. The molecule has 0 unspecified atom stereocenters. The Hall–Kier alpha value is -2.07. The van der Waals surface area contributed by atoms with E-state index >= 15 is 0 Å². The number of carbonyl (C=O) groups is 1. The minimum atomic E-state index is -0.804. The minimum Gasteiger partial charge on any atom is -0.490 e. The maximum Gasteiger partial charge on any atom is 0.317 e. The monoisotopic (exact) mass is 383 g/mol. The fourth-order valence-electron chi connectivity index (χ4n) is 4.28. The van der Waals surface area contributed by atoms with Crippen molar-refractivity contribution in [1.29, 1.82) is 0 Å². The highest BCUT2D eigenvalue weighted by Crippen LogP contribution is 2.39. The number of ether oxygens (including phenoxy) is 1. The van der Waals surface area contributed by atoms with E-state index in [1.807, 2.05) is 7.05 Å². The van der Waals surface area contributed by atoms with Gasteiger partial charge in [-0.15, -0.1) is 0 Å². The van der Waals surface area contributed by atoms with Crippen molar-refractivity contribution < 1.29 is 14.6 Å². The van der Waals surface area contributed by atoms with Crippen molar-refractivity contribution in [2.45, 2.75) is 59.1 Å².